The molecule has 2 heterocycles. The van der Waals surface area contributed by atoms with Crippen molar-refractivity contribution in [1.29, 1.82) is 0 Å². The van der Waals surface area contributed by atoms with Gasteiger partial charge in [0.15, 0.2) is 0 Å². The van der Waals surface area contributed by atoms with Crippen LogP contribution in [0.25, 0.3) is 0 Å². The summed E-state index contributed by atoms with van der Waals surface area (Å²) in [6, 6.07) is 14.0. The Bertz CT molecular complexity index is 1360. The van der Waals surface area contributed by atoms with Gasteiger partial charge in [0.1, 0.15) is 5.75 Å². The van der Waals surface area contributed by atoms with Crippen LogP contribution in [0.4, 0.5) is 5.69 Å². The number of sulfonamides is 1. The van der Waals surface area contributed by atoms with Crippen LogP contribution in [0.15, 0.2) is 42.5 Å². The zero-order valence-electron chi connectivity index (χ0n) is 23.5. The smallest absolute Gasteiger partial charge is 0.264 e. The van der Waals surface area contributed by atoms with Gasteiger partial charge in [0.25, 0.3) is 5.91 Å². The predicted octanol–water partition coefficient (Wildman–Crippen LogP) is 4.96. The van der Waals surface area contributed by atoms with Crippen molar-refractivity contribution in [2.75, 3.05) is 24.6 Å². The van der Waals surface area contributed by atoms with Crippen LogP contribution >= 0.6 is 0 Å². The van der Waals surface area contributed by atoms with Crippen LogP contribution in [0.1, 0.15) is 86.2 Å². The first-order valence-electron chi connectivity index (χ1n) is 15.1. The fraction of sp³-hybridized carbons (Fsp3) is 0.594. The molecule has 0 radical (unpaired) electrons. The quantitative estimate of drug-likeness (QED) is 0.507. The number of rotatable bonds is 1. The van der Waals surface area contributed by atoms with Crippen molar-refractivity contribution in [3.05, 3.63) is 59.2 Å². The van der Waals surface area contributed by atoms with E-state index in [9.17, 15) is 18.3 Å². The Labute approximate surface area is 238 Å². The molecule has 2 aliphatic carbocycles. The summed E-state index contributed by atoms with van der Waals surface area (Å²) in [5.41, 5.74) is 3.71. The molecule has 2 aromatic carbocycles. The number of benzene rings is 2. The van der Waals surface area contributed by atoms with Crippen molar-refractivity contribution >= 4 is 21.6 Å². The average molecular weight is 567 g/mol. The third kappa shape index (κ3) is 5.13. The van der Waals surface area contributed by atoms with Gasteiger partial charge in [0.05, 0.1) is 23.6 Å². The van der Waals surface area contributed by atoms with E-state index in [0.717, 1.165) is 63.1 Å². The Morgan fingerprint density at radius 3 is 2.70 bits per heavy atom. The number of amides is 1. The number of anilines is 1. The molecular formula is C32H42N2O5S. The van der Waals surface area contributed by atoms with Crippen LogP contribution in [0, 0.1) is 11.8 Å². The summed E-state index contributed by atoms with van der Waals surface area (Å²) >= 11 is 0. The SMILES string of the molecule is CC[C@@H]1CCCC[C@H](O)[C@@H]2CC[C@H]2CN2C[C@@]3(CCCc4ccccc43)COc3ccc(cc32)C(=O)NS1(=O)=O. The summed E-state index contributed by atoms with van der Waals surface area (Å²) < 4.78 is 35.2. The first kappa shape index (κ1) is 27.6. The van der Waals surface area contributed by atoms with Gasteiger partial charge in [-0.05, 0) is 92.5 Å². The molecule has 0 unspecified atom stereocenters. The molecule has 7 nitrogen and oxygen atoms in total. The molecule has 0 saturated heterocycles. The van der Waals surface area contributed by atoms with Gasteiger partial charge in [-0.25, -0.2) is 13.1 Å². The summed E-state index contributed by atoms with van der Waals surface area (Å²) in [6.45, 7) is 3.95. The molecule has 6 rings (SSSR count). The number of nitrogens with zero attached hydrogens (tertiary/aromatic N) is 1. The zero-order chi connectivity index (χ0) is 27.9. The van der Waals surface area contributed by atoms with Crippen molar-refractivity contribution in [3.63, 3.8) is 0 Å². The van der Waals surface area contributed by atoms with Crippen LogP contribution in [0.5, 0.6) is 5.75 Å². The molecule has 1 fully saturated rings. The van der Waals surface area contributed by atoms with Crippen LogP contribution in [-0.4, -0.2) is 50.5 Å². The lowest BCUT2D eigenvalue weighted by Crippen LogP contribution is -2.49. The summed E-state index contributed by atoms with van der Waals surface area (Å²) in [7, 11) is -3.83. The number of ether oxygens (including phenoxy) is 1. The van der Waals surface area contributed by atoms with Gasteiger partial charge < -0.3 is 14.7 Å². The normalized spacial score (nSPS) is 32.0. The lowest BCUT2D eigenvalue weighted by molar-refractivity contribution is 0.00903. The largest absolute Gasteiger partial charge is 0.490 e. The van der Waals surface area contributed by atoms with Crippen LogP contribution in [0.2, 0.25) is 0 Å². The maximum absolute atomic E-state index is 13.3. The molecular weight excluding hydrogens is 524 g/mol. The van der Waals surface area contributed by atoms with Gasteiger partial charge in [0, 0.05) is 24.1 Å². The van der Waals surface area contributed by atoms with E-state index in [-0.39, 0.29) is 17.4 Å². The number of aliphatic hydroxyl groups is 1. The number of aliphatic hydroxyl groups excluding tert-OH is 1. The van der Waals surface area contributed by atoms with E-state index in [1.807, 2.05) is 19.1 Å². The van der Waals surface area contributed by atoms with Gasteiger partial charge >= 0.3 is 0 Å². The minimum atomic E-state index is -3.83. The van der Waals surface area contributed by atoms with Crippen LogP contribution in [0.3, 0.4) is 0 Å². The first-order valence-corrected chi connectivity index (χ1v) is 16.7. The van der Waals surface area contributed by atoms with Gasteiger partial charge in [0.2, 0.25) is 10.0 Å². The van der Waals surface area contributed by atoms with Gasteiger partial charge in [-0.1, -0.05) is 44.0 Å². The lowest BCUT2D eigenvalue weighted by atomic mass is 9.68. The number of aryl methyl sites for hydroxylation is 1. The van der Waals surface area contributed by atoms with Crippen molar-refractivity contribution in [2.24, 2.45) is 11.8 Å². The monoisotopic (exact) mass is 566 g/mol. The molecule has 5 atom stereocenters. The highest BCUT2D eigenvalue weighted by Gasteiger charge is 2.44. The first-order chi connectivity index (χ1) is 19.3. The molecule has 1 saturated carbocycles. The Hall–Kier alpha value is -2.58. The molecule has 40 heavy (non-hydrogen) atoms. The van der Waals surface area contributed by atoms with Gasteiger partial charge in [-0.15, -0.1) is 0 Å². The second-order valence-corrected chi connectivity index (χ2v) is 14.5. The average Bonchev–Trinajstić information content (AvgIpc) is 3.07. The molecule has 8 heteroatoms. The predicted molar refractivity (Wildman–Crippen MR) is 156 cm³/mol. The van der Waals surface area contributed by atoms with E-state index < -0.39 is 21.2 Å². The Kier molecular flexibility index (Phi) is 7.59. The Morgan fingerprint density at radius 2 is 1.90 bits per heavy atom. The van der Waals surface area contributed by atoms with E-state index in [1.165, 1.54) is 11.1 Å². The molecule has 216 valence electrons. The van der Waals surface area contributed by atoms with E-state index in [2.05, 4.69) is 33.9 Å². The number of hydrogen-bond acceptors (Lipinski definition) is 6. The second kappa shape index (κ2) is 11.0. The minimum absolute atomic E-state index is 0.174. The summed E-state index contributed by atoms with van der Waals surface area (Å²) in [5.74, 6) is 0.744. The molecule has 4 aliphatic rings. The molecule has 1 spiro atoms. The van der Waals surface area contributed by atoms with Crippen molar-refractivity contribution in [1.82, 2.24) is 4.72 Å². The van der Waals surface area contributed by atoms with E-state index in [1.54, 1.807) is 6.07 Å². The maximum atomic E-state index is 13.3. The van der Waals surface area contributed by atoms with E-state index >= 15 is 0 Å². The van der Waals surface area contributed by atoms with E-state index in [4.69, 9.17) is 4.74 Å². The van der Waals surface area contributed by atoms with Gasteiger partial charge in [-0.3, -0.25) is 4.79 Å². The second-order valence-electron chi connectivity index (χ2n) is 12.5. The van der Waals surface area contributed by atoms with Crippen molar-refractivity contribution in [3.8, 4) is 5.75 Å². The lowest BCUT2D eigenvalue weighted by Gasteiger charge is -2.45. The maximum Gasteiger partial charge on any atom is 0.264 e. The van der Waals surface area contributed by atoms with Crippen molar-refractivity contribution < 1.29 is 23.1 Å². The number of carbonyl (C=O) groups excluding carboxylic acids is 1. The van der Waals surface area contributed by atoms with E-state index in [0.29, 0.717) is 43.8 Å². The van der Waals surface area contributed by atoms with Crippen molar-refractivity contribution in [2.45, 2.75) is 87.9 Å². The fourth-order valence-electron chi connectivity index (χ4n) is 7.63. The molecule has 2 aliphatic heterocycles. The third-order valence-electron chi connectivity index (χ3n) is 10.1. The highest BCUT2D eigenvalue weighted by Crippen LogP contribution is 2.46. The highest BCUT2D eigenvalue weighted by molar-refractivity contribution is 7.90. The molecule has 2 N–H and O–H groups in total. The Balaban J connectivity index is 1.40. The summed E-state index contributed by atoms with van der Waals surface area (Å²) in [4.78, 5) is 15.7. The molecule has 2 bridgehead atoms. The number of carbonyl (C=O) groups is 1. The number of fused-ring (bicyclic) bond motifs is 4. The molecule has 0 aromatic heterocycles. The van der Waals surface area contributed by atoms with Crippen LogP contribution in [-0.2, 0) is 21.9 Å². The Morgan fingerprint density at radius 1 is 1.07 bits per heavy atom. The van der Waals surface area contributed by atoms with Gasteiger partial charge in [-0.2, -0.15) is 0 Å². The zero-order valence-corrected chi connectivity index (χ0v) is 24.3. The highest BCUT2D eigenvalue weighted by atomic mass is 32.2. The molecule has 2 aromatic rings. The minimum Gasteiger partial charge on any atom is -0.490 e. The standard InChI is InChI=1S/C32H42N2O5S/c1-2-25-10-4-6-12-29(35)26-15-13-24(26)19-34-20-32(17-7-9-22-8-3-5-11-27(22)32)21-39-30-16-14-23(18-28(30)34)31(36)33-40(25,37)38/h3,5,8,11,14,16,18,24-26,29,35H,2,4,6-7,9-10,12-13,15,17,19-21H2,1H3,(H,33,36)/t24-,25+,26+,29-,32-/m0/s1. The topological polar surface area (TPSA) is 95.9 Å². The number of nitrogens with one attached hydrogen (secondary N) is 1. The summed E-state index contributed by atoms with van der Waals surface area (Å²) in [6.07, 6.45) is 8.01. The fourth-order valence-corrected chi connectivity index (χ4v) is 9.08. The molecule has 1 amide bonds. The number of hydrogen-bond donors (Lipinski definition) is 2. The van der Waals surface area contributed by atoms with Crippen LogP contribution < -0.4 is 14.4 Å². The third-order valence-corrected chi connectivity index (χ3v) is 12.0. The summed E-state index contributed by atoms with van der Waals surface area (Å²) in [5, 5.41) is 10.5.